The molecule has 4 heteroatoms. The average Bonchev–Trinajstić information content (AvgIpc) is 2.49. The number of nitrogens with zero attached hydrogens (tertiary/aromatic N) is 3. The Morgan fingerprint density at radius 1 is 0.800 bits per heavy atom. The van der Waals surface area contributed by atoms with Gasteiger partial charge in [-0.3, -0.25) is 0 Å². The van der Waals surface area contributed by atoms with Crippen LogP contribution in [0.25, 0.3) is 21.2 Å². The van der Waals surface area contributed by atoms with Gasteiger partial charge in [-0.2, -0.15) is 0 Å². The normalized spacial score (nSPS) is 10.0. The van der Waals surface area contributed by atoms with Crippen LogP contribution in [-0.2, 0) is 0 Å². The smallest absolute Gasteiger partial charge is 0.128 e. The van der Waals surface area contributed by atoms with Gasteiger partial charge in [-0.05, 0) is 52.7 Å². The third-order valence-corrected chi connectivity index (χ3v) is 2.95. The van der Waals surface area contributed by atoms with Gasteiger partial charge in [-0.25, -0.2) is 0 Å². The quantitative estimate of drug-likeness (QED) is 0.345. The Bertz CT molecular complexity index is 790. The Kier molecular flexibility index (Phi) is 3.23. The predicted octanol–water partition coefficient (Wildman–Crippen LogP) is 5.57. The van der Waals surface area contributed by atoms with E-state index in [0.717, 1.165) is 11.1 Å². The summed E-state index contributed by atoms with van der Waals surface area (Å²) in [6.07, 6.45) is 0. The minimum Gasteiger partial charge on any atom is -0.457 e. The highest BCUT2D eigenvalue weighted by Gasteiger charge is 1.99. The molecule has 0 saturated heterocycles. The van der Waals surface area contributed by atoms with Gasteiger partial charge in [-0.1, -0.05) is 35.4 Å². The number of benzene rings is 3. The molecule has 3 rings (SSSR count). The van der Waals surface area contributed by atoms with Gasteiger partial charge in [0.05, 0.1) is 0 Å². The first-order valence-electron chi connectivity index (χ1n) is 6.17. The number of azide groups is 1. The topological polar surface area (TPSA) is 58.0 Å². The van der Waals surface area contributed by atoms with Crippen molar-refractivity contribution >= 4 is 16.5 Å². The summed E-state index contributed by atoms with van der Waals surface area (Å²) in [4.78, 5) is 2.74. The largest absolute Gasteiger partial charge is 0.457 e. The van der Waals surface area contributed by atoms with E-state index >= 15 is 0 Å². The first-order chi connectivity index (χ1) is 9.85. The summed E-state index contributed by atoms with van der Waals surface area (Å²) < 4.78 is 5.78. The molecule has 0 aliphatic carbocycles. The number of hydrogen-bond donors (Lipinski definition) is 0. The van der Waals surface area contributed by atoms with E-state index in [2.05, 4.69) is 16.1 Å². The molecular formula is C16H11N3O. The molecule has 3 aromatic rings. The summed E-state index contributed by atoms with van der Waals surface area (Å²) in [5.41, 5.74) is 8.92. The van der Waals surface area contributed by atoms with Crippen LogP contribution in [0.3, 0.4) is 0 Å². The Morgan fingerprint density at radius 2 is 1.50 bits per heavy atom. The van der Waals surface area contributed by atoms with Crippen LogP contribution >= 0.6 is 0 Å². The van der Waals surface area contributed by atoms with Crippen LogP contribution in [0.4, 0.5) is 5.69 Å². The molecule has 0 aromatic heterocycles. The molecule has 0 atom stereocenters. The number of fused-ring (bicyclic) bond motifs is 1. The maximum atomic E-state index is 8.35. The van der Waals surface area contributed by atoms with Gasteiger partial charge in [0, 0.05) is 10.6 Å². The lowest BCUT2D eigenvalue weighted by atomic mass is 10.1. The molecule has 0 fully saturated rings. The first kappa shape index (κ1) is 12.1. The standard InChI is InChI=1S/C16H11N3O/c17-19-18-14-6-9-15(10-7-14)20-16-8-5-12-3-1-2-4-13(12)11-16/h1-11H. The summed E-state index contributed by atoms with van der Waals surface area (Å²) in [6.45, 7) is 0. The lowest BCUT2D eigenvalue weighted by Gasteiger charge is -2.07. The van der Waals surface area contributed by atoms with Crippen LogP contribution in [0.2, 0.25) is 0 Å². The van der Waals surface area contributed by atoms with Crippen molar-refractivity contribution in [1.82, 2.24) is 0 Å². The number of hydrogen-bond acceptors (Lipinski definition) is 2. The molecule has 0 bridgehead atoms. The third kappa shape index (κ3) is 2.55. The molecule has 0 N–H and O–H groups in total. The molecule has 0 unspecified atom stereocenters. The van der Waals surface area contributed by atoms with Crippen molar-refractivity contribution in [3.8, 4) is 11.5 Å². The zero-order chi connectivity index (χ0) is 13.8. The Labute approximate surface area is 115 Å². The second-order valence-corrected chi connectivity index (χ2v) is 4.29. The van der Waals surface area contributed by atoms with Crippen LogP contribution in [0, 0.1) is 0 Å². The first-order valence-corrected chi connectivity index (χ1v) is 6.17. The molecule has 0 aliphatic heterocycles. The summed E-state index contributed by atoms with van der Waals surface area (Å²) >= 11 is 0. The van der Waals surface area contributed by atoms with E-state index in [0.29, 0.717) is 11.4 Å². The summed E-state index contributed by atoms with van der Waals surface area (Å²) in [5.74, 6) is 1.48. The van der Waals surface area contributed by atoms with E-state index in [9.17, 15) is 0 Å². The van der Waals surface area contributed by atoms with Crippen molar-refractivity contribution in [3.63, 3.8) is 0 Å². The maximum absolute atomic E-state index is 8.35. The molecule has 0 aliphatic rings. The summed E-state index contributed by atoms with van der Waals surface area (Å²) in [5, 5.41) is 5.83. The Hall–Kier alpha value is -2.97. The predicted molar refractivity (Wildman–Crippen MR) is 79.3 cm³/mol. The van der Waals surface area contributed by atoms with Crippen LogP contribution in [0.1, 0.15) is 0 Å². The zero-order valence-electron chi connectivity index (χ0n) is 10.6. The molecule has 0 saturated carbocycles. The minimum atomic E-state index is 0.568. The monoisotopic (exact) mass is 261 g/mol. The fraction of sp³-hybridized carbons (Fsp3) is 0. The number of rotatable bonds is 3. The van der Waals surface area contributed by atoms with Crippen molar-refractivity contribution in [1.29, 1.82) is 0 Å². The van der Waals surface area contributed by atoms with Gasteiger partial charge >= 0.3 is 0 Å². The molecule has 96 valence electrons. The van der Waals surface area contributed by atoms with Crippen molar-refractivity contribution in [2.75, 3.05) is 0 Å². The molecule has 0 heterocycles. The molecule has 4 nitrogen and oxygen atoms in total. The lowest BCUT2D eigenvalue weighted by molar-refractivity contribution is 0.483. The Morgan fingerprint density at radius 3 is 2.25 bits per heavy atom. The second-order valence-electron chi connectivity index (χ2n) is 4.29. The second kappa shape index (κ2) is 5.34. The zero-order valence-corrected chi connectivity index (χ0v) is 10.6. The fourth-order valence-corrected chi connectivity index (χ4v) is 2.00. The SMILES string of the molecule is [N-]=[N+]=Nc1ccc(Oc2ccc3ccccc3c2)cc1. The fourth-order valence-electron chi connectivity index (χ4n) is 2.00. The van der Waals surface area contributed by atoms with Crippen molar-refractivity contribution in [2.45, 2.75) is 0 Å². The van der Waals surface area contributed by atoms with E-state index in [1.165, 1.54) is 5.39 Å². The van der Waals surface area contributed by atoms with Crippen LogP contribution in [0.15, 0.2) is 71.8 Å². The van der Waals surface area contributed by atoms with Crippen molar-refractivity contribution in [3.05, 3.63) is 77.2 Å². The van der Waals surface area contributed by atoms with Gasteiger partial charge in [0.1, 0.15) is 11.5 Å². The van der Waals surface area contributed by atoms with E-state index in [1.807, 2.05) is 36.4 Å². The van der Waals surface area contributed by atoms with Gasteiger partial charge in [-0.15, -0.1) is 0 Å². The average molecular weight is 261 g/mol. The van der Waals surface area contributed by atoms with Crippen molar-refractivity contribution < 1.29 is 4.74 Å². The Balaban J connectivity index is 1.86. The molecule has 3 aromatic carbocycles. The minimum absolute atomic E-state index is 0.568. The molecular weight excluding hydrogens is 250 g/mol. The number of ether oxygens (including phenoxy) is 1. The molecule has 0 amide bonds. The maximum Gasteiger partial charge on any atom is 0.128 e. The molecule has 20 heavy (non-hydrogen) atoms. The molecule has 0 spiro atoms. The highest BCUT2D eigenvalue weighted by molar-refractivity contribution is 5.83. The van der Waals surface area contributed by atoms with E-state index in [4.69, 9.17) is 10.3 Å². The van der Waals surface area contributed by atoms with Crippen molar-refractivity contribution in [2.24, 2.45) is 5.11 Å². The van der Waals surface area contributed by atoms with Gasteiger partial charge in [0.25, 0.3) is 0 Å². The molecule has 0 radical (unpaired) electrons. The highest BCUT2D eigenvalue weighted by Crippen LogP contribution is 2.27. The van der Waals surface area contributed by atoms with Gasteiger partial charge in [0.15, 0.2) is 0 Å². The van der Waals surface area contributed by atoms with Crippen LogP contribution < -0.4 is 4.74 Å². The van der Waals surface area contributed by atoms with Crippen LogP contribution in [0.5, 0.6) is 11.5 Å². The summed E-state index contributed by atoms with van der Waals surface area (Å²) in [6, 6.07) is 21.1. The van der Waals surface area contributed by atoms with Gasteiger partial charge < -0.3 is 4.74 Å². The highest BCUT2D eigenvalue weighted by atomic mass is 16.5. The van der Waals surface area contributed by atoms with Gasteiger partial charge in [0.2, 0.25) is 0 Å². The summed E-state index contributed by atoms with van der Waals surface area (Å²) in [7, 11) is 0. The third-order valence-electron chi connectivity index (χ3n) is 2.95. The lowest BCUT2D eigenvalue weighted by Crippen LogP contribution is -1.83. The van der Waals surface area contributed by atoms with Crippen LogP contribution in [-0.4, -0.2) is 0 Å². The van der Waals surface area contributed by atoms with E-state index in [1.54, 1.807) is 24.3 Å². The van der Waals surface area contributed by atoms with E-state index in [-0.39, 0.29) is 0 Å². The van der Waals surface area contributed by atoms with E-state index < -0.39 is 0 Å².